The van der Waals surface area contributed by atoms with Crippen molar-refractivity contribution in [1.29, 1.82) is 0 Å². The molecule has 1 rings (SSSR count). The van der Waals surface area contributed by atoms with Crippen LogP contribution in [0.1, 0.15) is 225 Å². The van der Waals surface area contributed by atoms with Crippen LogP contribution in [0, 0.1) is 0 Å². The molecular weight excluding hydrogens is 606 g/mol. The summed E-state index contributed by atoms with van der Waals surface area (Å²) >= 11 is 0. The molecule has 0 saturated carbocycles. The van der Waals surface area contributed by atoms with Crippen LogP contribution in [0.3, 0.4) is 0 Å². The summed E-state index contributed by atoms with van der Waals surface area (Å²) in [6.45, 7) is 8.93. The summed E-state index contributed by atoms with van der Waals surface area (Å²) in [6, 6.07) is 3.85. The SMILES string of the molecule is CCCCCCCCCCCCOc1cc([C@H](O)CN)cc(OCCCCCCCCCCCC)c1OCCCCCCCCCCCC. The number of nitrogens with two attached hydrogens (primary N) is 1. The highest BCUT2D eigenvalue weighted by Crippen LogP contribution is 2.41. The Kier molecular flexibility index (Phi) is 32.5. The van der Waals surface area contributed by atoms with Crippen LogP contribution in [-0.4, -0.2) is 31.5 Å². The van der Waals surface area contributed by atoms with Gasteiger partial charge in [-0.05, 0) is 37.0 Å². The lowest BCUT2D eigenvalue weighted by molar-refractivity contribution is 0.183. The first-order chi connectivity index (χ1) is 24.2. The maximum atomic E-state index is 10.7. The van der Waals surface area contributed by atoms with Crippen molar-refractivity contribution in [3.05, 3.63) is 17.7 Å². The summed E-state index contributed by atoms with van der Waals surface area (Å²) in [5.74, 6) is 2.07. The van der Waals surface area contributed by atoms with Crippen LogP contribution < -0.4 is 19.9 Å². The fraction of sp³-hybridized carbons (Fsp3) is 0.864. The van der Waals surface area contributed by atoms with Crippen LogP contribution in [-0.2, 0) is 0 Å². The van der Waals surface area contributed by atoms with E-state index in [0.29, 0.717) is 37.1 Å². The number of ether oxygens (including phenoxy) is 3. The molecular formula is C44H83NO4. The Morgan fingerprint density at radius 3 is 0.980 bits per heavy atom. The first kappa shape index (κ1) is 45.6. The Labute approximate surface area is 305 Å². The second-order valence-electron chi connectivity index (χ2n) is 14.7. The van der Waals surface area contributed by atoms with Gasteiger partial charge < -0.3 is 25.1 Å². The van der Waals surface area contributed by atoms with Gasteiger partial charge in [-0.2, -0.15) is 0 Å². The molecule has 3 N–H and O–H groups in total. The molecule has 0 unspecified atom stereocenters. The topological polar surface area (TPSA) is 73.9 Å². The van der Waals surface area contributed by atoms with Gasteiger partial charge in [-0.3, -0.25) is 0 Å². The first-order valence-electron chi connectivity index (χ1n) is 21.6. The standard InChI is InChI=1S/C44H83NO4/c1-4-7-10-13-16-19-22-25-28-31-34-47-42-37-40(41(46)39-45)38-43(48-35-32-29-26-23-20-17-14-11-8-5-2)44(42)49-36-33-30-27-24-21-18-15-12-9-6-3/h37-38,41,46H,4-36,39,45H2,1-3H3/t41-/m1/s1. The minimum Gasteiger partial charge on any atom is -0.490 e. The van der Waals surface area contributed by atoms with Crippen molar-refractivity contribution in [2.45, 2.75) is 219 Å². The van der Waals surface area contributed by atoms with Crippen LogP contribution in [0.5, 0.6) is 17.2 Å². The largest absolute Gasteiger partial charge is 0.490 e. The van der Waals surface area contributed by atoms with Gasteiger partial charge in [0, 0.05) is 6.54 Å². The smallest absolute Gasteiger partial charge is 0.203 e. The van der Waals surface area contributed by atoms with E-state index < -0.39 is 6.10 Å². The van der Waals surface area contributed by atoms with Gasteiger partial charge in [0.25, 0.3) is 0 Å². The lowest BCUT2D eigenvalue weighted by Crippen LogP contribution is -2.13. The molecule has 49 heavy (non-hydrogen) atoms. The minimum absolute atomic E-state index is 0.161. The lowest BCUT2D eigenvalue weighted by atomic mass is 10.1. The van der Waals surface area contributed by atoms with Crippen molar-refractivity contribution < 1.29 is 19.3 Å². The van der Waals surface area contributed by atoms with Gasteiger partial charge in [-0.15, -0.1) is 0 Å². The third-order valence-corrected chi connectivity index (χ3v) is 9.91. The molecule has 0 aliphatic carbocycles. The van der Waals surface area contributed by atoms with Gasteiger partial charge in [-0.25, -0.2) is 0 Å². The molecule has 1 aromatic carbocycles. The number of rotatable bonds is 38. The van der Waals surface area contributed by atoms with E-state index in [1.807, 2.05) is 12.1 Å². The molecule has 5 nitrogen and oxygen atoms in total. The van der Waals surface area contributed by atoms with E-state index in [2.05, 4.69) is 20.8 Å². The molecule has 0 fully saturated rings. The van der Waals surface area contributed by atoms with Crippen molar-refractivity contribution in [2.75, 3.05) is 26.4 Å². The number of hydrogen-bond acceptors (Lipinski definition) is 5. The summed E-state index contributed by atoms with van der Waals surface area (Å²) in [7, 11) is 0. The summed E-state index contributed by atoms with van der Waals surface area (Å²) in [5, 5.41) is 10.7. The van der Waals surface area contributed by atoms with Crippen LogP contribution in [0.4, 0.5) is 0 Å². The molecule has 288 valence electrons. The number of aliphatic hydroxyl groups is 1. The van der Waals surface area contributed by atoms with E-state index in [4.69, 9.17) is 19.9 Å². The molecule has 1 atom stereocenters. The van der Waals surface area contributed by atoms with Crippen LogP contribution >= 0.6 is 0 Å². The minimum atomic E-state index is -0.754. The van der Waals surface area contributed by atoms with Gasteiger partial charge in [0.2, 0.25) is 5.75 Å². The van der Waals surface area contributed by atoms with E-state index in [9.17, 15) is 5.11 Å². The molecule has 0 aliphatic rings. The Bertz CT molecular complexity index is 784. The maximum Gasteiger partial charge on any atom is 0.203 e. The van der Waals surface area contributed by atoms with Crippen molar-refractivity contribution >= 4 is 0 Å². The Morgan fingerprint density at radius 1 is 0.429 bits per heavy atom. The van der Waals surface area contributed by atoms with Crippen LogP contribution in [0.15, 0.2) is 12.1 Å². The fourth-order valence-corrected chi connectivity index (χ4v) is 6.59. The molecule has 0 aromatic heterocycles. The van der Waals surface area contributed by atoms with Crippen LogP contribution in [0.25, 0.3) is 0 Å². The highest BCUT2D eigenvalue weighted by Gasteiger charge is 2.19. The normalized spacial score (nSPS) is 12.0. The van der Waals surface area contributed by atoms with Crippen molar-refractivity contribution in [3.8, 4) is 17.2 Å². The summed E-state index contributed by atoms with van der Waals surface area (Å²) < 4.78 is 19.2. The Balaban J connectivity index is 2.67. The zero-order chi connectivity index (χ0) is 35.5. The highest BCUT2D eigenvalue weighted by atomic mass is 16.5. The Hall–Kier alpha value is -1.46. The third kappa shape index (κ3) is 26.0. The van der Waals surface area contributed by atoms with Gasteiger partial charge >= 0.3 is 0 Å². The summed E-state index contributed by atoms with van der Waals surface area (Å²) in [6.07, 6.45) is 38.1. The van der Waals surface area contributed by atoms with Crippen molar-refractivity contribution in [1.82, 2.24) is 0 Å². The van der Waals surface area contributed by atoms with Gasteiger partial charge in [0.05, 0.1) is 25.9 Å². The summed E-state index contributed by atoms with van der Waals surface area (Å²) in [4.78, 5) is 0. The molecule has 5 heteroatoms. The highest BCUT2D eigenvalue weighted by molar-refractivity contribution is 5.54. The zero-order valence-electron chi connectivity index (χ0n) is 33.0. The van der Waals surface area contributed by atoms with E-state index in [-0.39, 0.29) is 6.54 Å². The third-order valence-electron chi connectivity index (χ3n) is 9.91. The van der Waals surface area contributed by atoms with E-state index in [1.54, 1.807) is 0 Å². The van der Waals surface area contributed by atoms with Gasteiger partial charge in [0.1, 0.15) is 0 Å². The van der Waals surface area contributed by atoms with Gasteiger partial charge in [0.15, 0.2) is 11.5 Å². The van der Waals surface area contributed by atoms with E-state index in [0.717, 1.165) is 24.8 Å². The monoisotopic (exact) mass is 690 g/mol. The summed E-state index contributed by atoms with van der Waals surface area (Å²) in [5.41, 5.74) is 6.63. The van der Waals surface area contributed by atoms with E-state index in [1.165, 1.54) is 173 Å². The number of unbranched alkanes of at least 4 members (excludes halogenated alkanes) is 27. The van der Waals surface area contributed by atoms with Crippen LogP contribution in [0.2, 0.25) is 0 Å². The molecule has 0 saturated heterocycles. The average Bonchev–Trinajstić information content (AvgIpc) is 3.11. The van der Waals surface area contributed by atoms with Crippen molar-refractivity contribution in [2.24, 2.45) is 5.73 Å². The number of benzene rings is 1. The molecule has 0 bridgehead atoms. The molecule has 1 aromatic rings. The average molecular weight is 690 g/mol. The first-order valence-corrected chi connectivity index (χ1v) is 21.6. The fourth-order valence-electron chi connectivity index (χ4n) is 6.59. The molecule has 0 spiro atoms. The molecule has 0 heterocycles. The predicted octanol–water partition coefficient (Wildman–Crippen LogP) is 13.6. The Morgan fingerprint density at radius 2 is 0.694 bits per heavy atom. The number of hydrogen-bond donors (Lipinski definition) is 2. The second-order valence-corrected chi connectivity index (χ2v) is 14.7. The predicted molar refractivity (Wildman–Crippen MR) is 212 cm³/mol. The van der Waals surface area contributed by atoms with Gasteiger partial charge in [-0.1, -0.05) is 194 Å². The molecule has 0 aliphatic heterocycles. The van der Waals surface area contributed by atoms with E-state index >= 15 is 0 Å². The lowest BCUT2D eigenvalue weighted by Gasteiger charge is -2.20. The molecule has 0 amide bonds. The van der Waals surface area contributed by atoms with Crippen molar-refractivity contribution in [3.63, 3.8) is 0 Å². The quantitative estimate of drug-likeness (QED) is 0.0676. The second kappa shape index (κ2) is 35.0. The zero-order valence-corrected chi connectivity index (χ0v) is 33.0. The number of aliphatic hydroxyl groups excluding tert-OH is 1. The maximum absolute atomic E-state index is 10.7. The molecule has 0 radical (unpaired) electrons.